The second-order valence-electron chi connectivity index (χ2n) is 5.32. The molecule has 4 heteroatoms. The number of nitrogens with two attached hydrogens (primary N) is 1. The van der Waals surface area contributed by atoms with E-state index >= 15 is 0 Å². The van der Waals surface area contributed by atoms with Gasteiger partial charge in [0, 0.05) is 25.2 Å². The average Bonchev–Trinajstić information content (AvgIpc) is 2.50. The van der Waals surface area contributed by atoms with Crippen molar-refractivity contribution < 1.29 is 0 Å². The van der Waals surface area contributed by atoms with Crippen LogP contribution in [0.2, 0.25) is 0 Å². The number of rotatable bonds is 6. The van der Waals surface area contributed by atoms with Crippen molar-refractivity contribution in [2.24, 2.45) is 5.73 Å². The normalized spacial score (nSPS) is 10.7. The summed E-state index contributed by atoms with van der Waals surface area (Å²) in [5.41, 5.74) is 10.4. The minimum atomic E-state index is 0.493. The third-order valence-electron chi connectivity index (χ3n) is 3.77. The third kappa shape index (κ3) is 3.58. The zero-order valence-electron chi connectivity index (χ0n) is 13.1. The first-order valence-electron chi connectivity index (χ1n) is 7.49. The van der Waals surface area contributed by atoms with Crippen molar-refractivity contribution in [2.45, 2.75) is 40.3 Å². The first kappa shape index (κ1) is 15.4. The molecule has 0 bridgehead atoms. The van der Waals surface area contributed by atoms with Gasteiger partial charge in [-0.15, -0.1) is 5.10 Å². The van der Waals surface area contributed by atoms with E-state index in [1.165, 1.54) is 5.56 Å². The summed E-state index contributed by atoms with van der Waals surface area (Å²) in [6.07, 6.45) is 1.06. The highest BCUT2D eigenvalue weighted by atomic mass is 15.3. The maximum atomic E-state index is 5.95. The molecule has 1 aromatic carbocycles. The molecule has 0 saturated heterocycles. The number of nitrogens with zero attached hydrogens (tertiary/aromatic N) is 3. The van der Waals surface area contributed by atoms with Crippen LogP contribution in [0.1, 0.15) is 35.7 Å². The molecule has 0 amide bonds. The quantitative estimate of drug-likeness (QED) is 0.886. The lowest BCUT2D eigenvalue weighted by Crippen LogP contribution is -2.27. The van der Waals surface area contributed by atoms with E-state index in [4.69, 9.17) is 5.73 Å². The van der Waals surface area contributed by atoms with Crippen LogP contribution in [0.3, 0.4) is 0 Å². The second-order valence-corrected chi connectivity index (χ2v) is 5.32. The molecule has 0 fully saturated rings. The molecule has 0 unspecified atom stereocenters. The smallest absolute Gasteiger partial charge is 0.156 e. The standard InChI is InChI=1S/C17H24N4/c1-4-10-21(12-15-8-6-5-7-9-15)17-16(11-18)13(2)14(3)19-20-17/h5-9H,4,10-12,18H2,1-3H3. The molecule has 2 N–H and O–H groups in total. The highest BCUT2D eigenvalue weighted by Crippen LogP contribution is 2.23. The van der Waals surface area contributed by atoms with Crippen LogP contribution >= 0.6 is 0 Å². The van der Waals surface area contributed by atoms with Gasteiger partial charge in [-0.25, -0.2) is 0 Å². The molecular weight excluding hydrogens is 260 g/mol. The zero-order chi connectivity index (χ0) is 15.2. The van der Waals surface area contributed by atoms with Gasteiger partial charge in [0.2, 0.25) is 0 Å². The minimum Gasteiger partial charge on any atom is -0.351 e. The third-order valence-corrected chi connectivity index (χ3v) is 3.77. The van der Waals surface area contributed by atoms with E-state index < -0.39 is 0 Å². The molecule has 0 aliphatic heterocycles. The Morgan fingerprint density at radius 3 is 2.43 bits per heavy atom. The predicted octanol–water partition coefficient (Wildman–Crippen LogP) is 2.97. The molecule has 0 spiro atoms. The Balaban J connectivity index is 2.36. The Hall–Kier alpha value is -1.94. The molecule has 4 nitrogen and oxygen atoms in total. The first-order valence-corrected chi connectivity index (χ1v) is 7.49. The van der Waals surface area contributed by atoms with Crippen molar-refractivity contribution in [2.75, 3.05) is 11.4 Å². The fourth-order valence-electron chi connectivity index (χ4n) is 2.48. The molecular formula is C17H24N4. The van der Waals surface area contributed by atoms with E-state index in [0.29, 0.717) is 6.54 Å². The summed E-state index contributed by atoms with van der Waals surface area (Å²) in [7, 11) is 0. The number of benzene rings is 1. The largest absolute Gasteiger partial charge is 0.351 e. The minimum absolute atomic E-state index is 0.493. The van der Waals surface area contributed by atoms with Crippen molar-refractivity contribution in [1.82, 2.24) is 10.2 Å². The van der Waals surface area contributed by atoms with Crippen LogP contribution in [0.4, 0.5) is 5.82 Å². The van der Waals surface area contributed by atoms with Crippen molar-refractivity contribution in [3.8, 4) is 0 Å². The summed E-state index contributed by atoms with van der Waals surface area (Å²) in [5.74, 6) is 0.923. The van der Waals surface area contributed by atoms with Gasteiger partial charge >= 0.3 is 0 Å². The molecule has 0 radical (unpaired) electrons. The topological polar surface area (TPSA) is 55.0 Å². The van der Waals surface area contributed by atoms with Gasteiger partial charge in [-0.2, -0.15) is 5.10 Å². The van der Waals surface area contributed by atoms with Crippen LogP contribution in [0.25, 0.3) is 0 Å². The van der Waals surface area contributed by atoms with Crippen LogP contribution in [-0.2, 0) is 13.1 Å². The van der Waals surface area contributed by atoms with Gasteiger partial charge in [0.1, 0.15) is 0 Å². The van der Waals surface area contributed by atoms with Gasteiger partial charge in [-0.05, 0) is 31.4 Å². The van der Waals surface area contributed by atoms with Crippen molar-refractivity contribution >= 4 is 5.82 Å². The maximum absolute atomic E-state index is 5.95. The maximum Gasteiger partial charge on any atom is 0.156 e. The number of aryl methyl sites for hydroxylation is 1. The Bertz CT molecular complexity index is 581. The Morgan fingerprint density at radius 1 is 1.10 bits per heavy atom. The van der Waals surface area contributed by atoms with Gasteiger partial charge in [0.25, 0.3) is 0 Å². The van der Waals surface area contributed by atoms with Gasteiger partial charge in [0.15, 0.2) is 5.82 Å². The monoisotopic (exact) mass is 284 g/mol. The average molecular weight is 284 g/mol. The fourth-order valence-corrected chi connectivity index (χ4v) is 2.48. The van der Waals surface area contributed by atoms with Gasteiger partial charge in [-0.1, -0.05) is 37.3 Å². The van der Waals surface area contributed by atoms with Crippen LogP contribution in [0.15, 0.2) is 30.3 Å². The lowest BCUT2D eigenvalue weighted by molar-refractivity contribution is 0.729. The van der Waals surface area contributed by atoms with Crippen LogP contribution in [0, 0.1) is 13.8 Å². The predicted molar refractivity (Wildman–Crippen MR) is 87.2 cm³/mol. The Morgan fingerprint density at radius 2 is 1.81 bits per heavy atom. The Labute approximate surface area is 127 Å². The lowest BCUT2D eigenvalue weighted by atomic mass is 10.1. The van der Waals surface area contributed by atoms with Crippen LogP contribution in [0.5, 0.6) is 0 Å². The van der Waals surface area contributed by atoms with Gasteiger partial charge in [0.05, 0.1) is 5.69 Å². The summed E-state index contributed by atoms with van der Waals surface area (Å²) in [6, 6.07) is 10.4. The molecule has 0 aliphatic carbocycles. The van der Waals surface area contributed by atoms with E-state index in [1.807, 2.05) is 13.0 Å². The van der Waals surface area contributed by atoms with E-state index in [9.17, 15) is 0 Å². The van der Waals surface area contributed by atoms with Crippen molar-refractivity contribution in [3.05, 3.63) is 52.7 Å². The fraction of sp³-hybridized carbons (Fsp3) is 0.412. The lowest BCUT2D eigenvalue weighted by Gasteiger charge is -2.26. The van der Waals surface area contributed by atoms with Gasteiger partial charge in [-0.3, -0.25) is 0 Å². The van der Waals surface area contributed by atoms with E-state index in [1.54, 1.807) is 0 Å². The van der Waals surface area contributed by atoms with Gasteiger partial charge < -0.3 is 10.6 Å². The van der Waals surface area contributed by atoms with Crippen LogP contribution in [-0.4, -0.2) is 16.7 Å². The molecule has 0 aliphatic rings. The zero-order valence-corrected chi connectivity index (χ0v) is 13.1. The summed E-state index contributed by atoms with van der Waals surface area (Å²) < 4.78 is 0. The molecule has 2 rings (SSSR count). The molecule has 0 atom stereocenters. The molecule has 2 aromatic rings. The molecule has 112 valence electrons. The second kappa shape index (κ2) is 7.18. The summed E-state index contributed by atoms with van der Waals surface area (Å²) in [6.45, 7) is 8.49. The summed E-state index contributed by atoms with van der Waals surface area (Å²) in [5, 5.41) is 8.71. The first-order chi connectivity index (χ1) is 10.2. The van der Waals surface area contributed by atoms with E-state index in [2.05, 4.69) is 53.2 Å². The number of aromatic nitrogens is 2. The Kier molecular flexibility index (Phi) is 5.28. The highest BCUT2D eigenvalue weighted by molar-refractivity contribution is 5.51. The summed E-state index contributed by atoms with van der Waals surface area (Å²) in [4.78, 5) is 2.27. The molecule has 1 heterocycles. The SMILES string of the molecule is CCCN(Cc1ccccc1)c1nnc(C)c(C)c1CN. The molecule has 21 heavy (non-hydrogen) atoms. The van der Waals surface area contributed by atoms with E-state index in [0.717, 1.165) is 42.1 Å². The van der Waals surface area contributed by atoms with Crippen molar-refractivity contribution in [3.63, 3.8) is 0 Å². The molecule has 1 aromatic heterocycles. The van der Waals surface area contributed by atoms with Crippen LogP contribution < -0.4 is 10.6 Å². The summed E-state index contributed by atoms with van der Waals surface area (Å²) >= 11 is 0. The van der Waals surface area contributed by atoms with Crippen molar-refractivity contribution in [1.29, 1.82) is 0 Å². The van der Waals surface area contributed by atoms with E-state index in [-0.39, 0.29) is 0 Å². The number of hydrogen-bond donors (Lipinski definition) is 1. The highest BCUT2D eigenvalue weighted by Gasteiger charge is 2.16. The number of hydrogen-bond acceptors (Lipinski definition) is 4. The number of anilines is 1. The molecule has 0 saturated carbocycles.